The highest BCUT2D eigenvalue weighted by atomic mass is 16.6. The number of nitro groups is 1. The van der Waals surface area contributed by atoms with E-state index in [4.69, 9.17) is 4.74 Å². The number of nitrogens with one attached hydrogen (secondary N) is 4. The summed E-state index contributed by atoms with van der Waals surface area (Å²) in [7, 11) is 0. The molecular weight excluding hydrogens is 722 g/mol. The first-order valence-corrected chi connectivity index (χ1v) is 19.2. The summed E-state index contributed by atoms with van der Waals surface area (Å²) < 4.78 is 5.85. The topological polar surface area (TPSA) is 240 Å². The maximum Gasteiger partial charge on any atom is 0.270 e. The van der Waals surface area contributed by atoms with Gasteiger partial charge in [0.25, 0.3) is 5.69 Å². The van der Waals surface area contributed by atoms with Gasteiger partial charge in [0, 0.05) is 55.9 Å². The zero-order chi connectivity index (χ0) is 39.5. The van der Waals surface area contributed by atoms with Crippen LogP contribution in [0.2, 0.25) is 0 Å². The number of amides is 4. The molecule has 0 saturated heterocycles. The molecule has 0 spiro atoms. The molecule has 3 unspecified atom stereocenters. The molecule has 1 aliphatic carbocycles. The second-order valence-corrected chi connectivity index (χ2v) is 15.1. The first kappa shape index (κ1) is 43.4. The summed E-state index contributed by atoms with van der Waals surface area (Å²) in [6.07, 6.45) is 7.32. The van der Waals surface area contributed by atoms with Crippen molar-refractivity contribution in [3.8, 4) is 5.75 Å². The molecule has 0 radical (unpaired) electrons. The third-order valence-corrected chi connectivity index (χ3v) is 10.4. The fourth-order valence-corrected chi connectivity index (χ4v) is 7.53. The van der Waals surface area contributed by atoms with Crippen molar-refractivity contribution in [3.05, 3.63) is 88.0 Å². The normalized spacial score (nSPS) is 17.3. The molecule has 16 nitrogen and oxygen atoms in total. The zero-order valence-corrected chi connectivity index (χ0v) is 32.2. The molecular formula is C40H55N7O9. The first-order chi connectivity index (χ1) is 26.4. The van der Waals surface area contributed by atoms with E-state index in [1.54, 1.807) is 6.20 Å². The van der Waals surface area contributed by atoms with E-state index in [0.717, 1.165) is 37.7 Å². The molecule has 1 aliphatic heterocycles. The number of aromatic nitrogens is 2. The van der Waals surface area contributed by atoms with E-state index in [1.807, 2.05) is 44.2 Å². The summed E-state index contributed by atoms with van der Waals surface area (Å²) in [5.41, 5.74) is 1.53. The molecule has 1 fully saturated rings. The highest BCUT2D eigenvalue weighted by Gasteiger charge is 2.41. The van der Waals surface area contributed by atoms with Crippen molar-refractivity contribution >= 4 is 29.3 Å². The lowest BCUT2D eigenvalue weighted by Crippen LogP contribution is -2.58. The lowest BCUT2D eigenvalue weighted by atomic mass is 9.83. The van der Waals surface area contributed by atoms with Crippen LogP contribution in [0.25, 0.3) is 0 Å². The summed E-state index contributed by atoms with van der Waals surface area (Å²) >= 11 is 0. The summed E-state index contributed by atoms with van der Waals surface area (Å²) in [4.78, 5) is 74.9. The van der Waals surface area contributed by atoms with Crippen LogP contribution in [0.4, 0.5) is 5.69 Å². The predicted octanol–water partition coefficient (Wildman–Crippen LogP) is 3.09. The Hall–Kier alpha value is -5.35. The van der Waals surface area contributed by atoms with Crippen LogP contribution >= 0.6 is 0 Å². The number of carbonyl (C=O) groups is 4. The van der Waals surface area contributed by atoms with Gasteiger partial charge in [-0.2, -0.15) is 0 Å². The minimum absolute atomic E-state index is 0. The minimum Gasteiger partial charge on any atom is -0.491 e. The van der Waals surface area contributed by atoms with Gasteiger partial charge in [0.05, 0.1) is 35.9 Å². The molecule has 2 aromatic carbocycles. The van der Waals surface area contributed by atoms with Gasteiger partial charge in [-0.05, 0) is 29.9 Å². The summed E-state index contributed by atoms with van der Waals surface area (Å²) in [5, 5.41) is 31.8. The molecule has 2 heterocycles. The number of hydrogen-bond donors (Lipinski definition) is 5. The van der Waals surface area contributed by atoms with Gasteiger partial charge in [0.1, 0.15) is 24.4 Å². The lowest BCUT2D eigenvalue weighted by molar-refractivity contribution is -0.384. The van der Waals surface area contributed by atoms with E-state index < -0.39 is 52.9 Å². The first-order valence-electron chi connectivity index (χ1n) is 19.2. The van der Waals surface area contributed by atoms with Crippen LogP contribution in [0.15, 0.2) is 61.1 Å². The van der Waals surface area contributed by atoms with Crippen molar-refractivity contribution < 1.29 is 39.4 Å². The van der Waals surface area contributed by atoms with Crippen molar-refractivity contribution in [3.63, 3.8) is 0 Å². The van der Waals surface area contributed by atoms with Crippen molar-refractivity contribution in [1.29, 1.82) is 0 Å². The second kappa shape index (κ2) is 20.5. The standard InChI is InChI=1S/C40H53N7O8.H2O/c1-25(2)21-42-38(50)20-36(49)32(16-27-10-6-4-7-11-27)44-39(51)33(18-29-22-41-24-43-29)45-40(52)34(17-28-12-8-5-9-13-28)46(26(3)48)35-23-55-37-15-14-30(47(53)54)19-31(35)37;/h5,8-9,12-15,19,22,24-25,27,32-36,49H,4,6-7,10-11,16-18,20-21,23H2,1-3H3,(H,41,43)(H,42,50)(H,44,51)(H,45,52);1H2/t32?,33-,34-,35?,36?;/m0./s1. The van der Waals surface area contributed by atoms with Gasteiger partial charge in [-0.1, -0.05) is 76.3 Å². The number of H-pyrrole nitrogens is 1. The number of carbonyl (C=O) groups excluding carboxylic acids is 4. The average Bonchev–Trinajstić information content (AvgIpc) is 3.84. The van der Waals surface area contributed by atoms with Crippen LogP contribution < -0.4 is 20.7 Å². The van der Waals surface area contributed by atoms with Crippen molar-refractivity contribution in [2.24, 2.45) is 11.8 Å². The number of aromatic amines is 1. The minimum atomic E-state index is -1.18. The Balaban J connectivity index is 0.00000696. The van der Waals surface area contributed by atoms with Crippen molar-refractivity contribution in [2.75, 3.05) is 13.2 Å². The number of nitrogens with zero attached hydrogens (tertiary/aromatic N) is 3. The van der Waals surface area contributed by atoms with E-state index in [0.29, 0.717) is 30.0 Å². The molecule has 0 bridgehead atoms. The molecule has 7 N–H and O–H groups in total. The molecule has 56 heavy (non-hydrogen) atoms. The Bertz CT molecular complexity index is 1770. The number of ether oxygens (including phenoxy) is 1. The van der Waals surface area contributed by atoms with Crippen molar-refractivity contribution in [2.45, 2.75) is 109 Å². The number of fused-ring (bicyclic) bond motifs is 1. The third-order valence-electron chi connectivity index (χ3n) is 10.4. The number of nitro benzene ring substituents is 1. The van der Waals surface area contributed by atoms with Gasteiger partial charge in [0.2, 0.25) is 23.6 Å². The molecule has 5 rings (SSSR count). The Morgan fingerprint density at radius 2 is 1.77 bits per heavy atom. The third kappa shape index (κ3) is 11.8. The molecule has 3 aromatic rings. The van der Waals surface area contributed by atoms with E-state index in [2.05, 4.69) is 25.9 Å². The van der Waals surface area contributed by atoms with Gasteiger partial charge >= 0.3 is 0 Å². The number of benzene rings is 2. The largest absolute Gasteiger partial charge is 0.491 e. The molecule has 16 heteroatoms. The van der Waals surface area contributed by atoms with Crippen LogP contribution in [0.5, 0.6) is 5.75 Å². The number of non-ortho nitro benzene ring substituents is 1. The number of aliphatic hydroxyl groups is 1. The number of aliphatic hydroxyl groups excluding tert-OH is 1. The van der Waals surface area contributed by atoms with E-state index in [1.165, 1.54) is 36.4 Å². The number of hydrogen-bond acceptors (Lipinski definition) is 9. The van der Waals surface area contributed by atoms with E-state index in [-0.39, 0.29) is 54.8 Å². The fraction of sp³-hybridized carbons (Fsp3) is 0.525. The van der Waals surface area contributed by atoms with Crippen LogP contribution in [0, 0.1) is 22.0 Å². The van der Waals surface area contributed by atoms with Gasteiger partial charge in [-0.15, -0.1) is 0 Å². The second-order valence-electron chi connectivity index (χ2n) is 15.1. The van der Waals surface area contributed by atoms with Crippen molar-refractivity contribution in [1.82, 2.24) is 30.8 Å². The fourth-order valence-electron chi connectivity index (χ4n) is 7.53. The van der Waals surface area contributed by atoms with Crippen LogP contribution in [-0.2, 0) is 32.0 Å². The molecule has 1 saturated carbocycles. The molecule has 1 aromatic heterocycles. The lowest BCUT2D eigenvalue weighted by Gasteiger charge is -2.35. The SMILES string of the molecule is CC(=O)N(C1COc2ccc([N+](=O)[O-])cc21)[C@@H](Cc1ccccc1)C(=O)N[C@@H](Cc1cnc[nH]1)C(=O)NC(CC1CCCCC1)C(O)CC(=O)NCC(C)C.O. The number of imidazole rings is 1. The van der Waals surface area contributed by atoms with Crippen LogP contribution in [0.3, 0.4) is 0 Å². The highest BCUT2D eigenvalue weighted by molar-refractivity contribution is 5.92. The molecule has 4 amide bonds. The van der Waals surface area contributed by atoms with Gasteiger partial charge in [-0.3, -0.25) is 29.3 Å². The predicted molar refractivity (Wildman–Crippen MR) is 207 cm³/mol. The molecule has 2 aliphatic rings. The van der Waals surface area contributed by atoms with Gasteiger partial charge in [-0.25, -0.2) is 4.98 Å². The van der Waals surface area contributed by atoms with Gasteiger partial charge < -0.3 is 41.2 Å². The number of rotatable bonds is 18. The maximum atomic E-state index is 14.6. The summed E-state index contributed by atoms with van der Waals surface area (Å²) in [5.74, 6) is -1.13. The highest BCUT2D eigenvalue weighted by Crippen LogP contribution is 2.40. The van der Waals surface area contributed by atoms with E-state index >= 15 is 0 Å². The Labute approximate surface area is 326 Å². The maximum absolute atomic E-state index is 14.6. The monoisotopic (exact) mass is 777 g/mol. The van der Waals surface area contributed by atoms with Crippen LogP contribution in [0.1, 0.15) is 88.6 Å². The smallest absolute Gasteiger partial charge is 0.270 e. The Kier molecular flexibility index (Phi) is 15.9. The Morgan fingerprint density at radius 1 is 1.04 bits per heavy atom. The summed E-state index contributed by atoms with van der Waals surface area (Å²) in [6.45, 7) is 5.70. The zero-order valence-electron chi connectivity index (χ0n) is 32.2. The molecule has 5 atom stereocenters. The quantitative estimate of drug-likeness (QED) is 0.0941. The average molecular weight is 778 g/mol. The van der Waals surface area contributed by atoms with Crippen LogP contribution in [-0.4, -0.2) is 91.4 Å². The summed E-state index contributed by atoms with van der Waals surface area (Å²) in [6, 6.07) is 9.34. The van der Waals surface area contributed by atoms with E-state index in [9.17, 15) is 34.4 Å². The molecule has 304 valence electrons. The Morgan fingerprint density at radius 3 is 2.41 bits per heavy atom. The van der Waals surface area contributed by atoms with Gasteiger partial charge in [0.15, 0.2) is 0 Å².